The van der Waals surface area contributed by atoms with Crippen LogP contribution in [0.1, 0.15) is 143 Å². The largest absolute Gasteiger partial charge is 0.445 e. The van der Waals surface area contributed by atoms with Crippen LogP contribution in [0.15, 0.2) is 54.6 Å². The summed E-state index contributed by atoms with van der Waals surface area (Å²) in [5, 5.41) is 24.2. The first-order valence-corrected chi connectivity index (χ1v) is 37.2. The summed E-state index contributed by atoms with van der Waals surface area (Å²) in [6.07, 6.45) is -0.0172. The first-order chi connectivity index (χ1) is 50.0. The minimum Gasteiger partial charge on any atom is -0.445 e. The molecule has 0 saturated carbocycles. The zero-order valence-electron chi connectivity index (χ0n) is 65.6. The van der Waals surface area contributed by atoms with Gasteiger partial charge in [-0.2, -0.15) is 0 Å². The summed E-state index contributed by atoms with van der Waals surface area (Å²) in [4.78, 5) is 123. The van der Waals surface area contributed by atoms with Crippen LogP contribution >= 0.6 is 0 Å². The molecule has 598 valence electrons. The van der Waals surface area contributed by atoms with Crippen LogP contribution in [0, 0.1) is 42.4 Å². The number of carbonyl (C=O) groups is 9. The van der Waals surface area contributed by atoms with Gasteiger partial charge >= 0.3 is 12.1 Å². The van der Waals surface area contributed by atoms with Crippen molar-refractivity contribution in [2.24, 2.45) is 47.0 Å². The molecule has 105 heavy (non-hydrogen) atoms. The normalized spacial score (nSPS) is 16.0. The molecule has 10 N–H and O–H groups in total. The summed E-state index contributed by atoms with van der Waals surface area (Å²) in [6, 6.07) is 12.3. The summed E-state index contributed by atoms with van der Waals surface area (Å²) in [6.45, 7) is 27.1. The van der Waals surface area contributed by atoms with Crippen LogP contribution < -0.4 is 38.1 Å². The highest BCUT2D eigenvalue weighted by molar-refractivity contribution is 5.93. The quantitative estimate of drug-likeness (QED) is 0.0393. The number of nitrogens with one attached hydrogen (secondary N) is 5. The van der Waals surface area contributed by atoms with Gasteiger partial charge in [0.2, 0.25) is 35.4 Å². The summed E-state index contributed by atoms with van der Waals surface area (Å²) >= 11 is 0. The van der Waals surface area contributed by atoms with Gasteiger partial charge in [0.05, 0.1) is 134 Å². The molecule has 29 nitrogen and oxygen atoms in total. The molecule has 3 rings (SSSR count). The Labute approximate surface area is 624 Å². The molecule has 0 aliphatic carbocycles. The zero-order chi connectivity index (χ0) is 78.6. The van der Waals surface area contributed by atoms with Gasteiger partial charge in [-0.15, -0.1) is 0 Å². The van der Waals surface area contributed by atoms with E-state index in [1.807, 2.05) is 103 Å². The van der Waals surface area contributed by atoms with E-state index in [9.17, 15) is 48.3 Å². The van der Waals surface area contributed by atoms with E-state index in [-0.39, 0.29) is 110 Å². The predicted molar refractivity (Wildman–Crippen MR) is 399 cm³/mol. The molecule has 0 unspecified atom stereocenters. The molecule has 2 aromatic carbocycles. The number of nitrogens with zero attached hydrogens (tertiary/aromatic N) is 3. The fourth-order valence-electron chi connectivity index (χ4n) is 12.4. The van der Waals surface area contributed by atoms with Gasteiger partial charge in [0.1, 0.15) is 18.7 Å². The van der Waals surface area contributed by atoms with Crippen molar-refractivity contribution in [1.29, 1.82) is 0 Å². The third-order valence-corrected chi connectivity index (χ3v) is 18.6. The summed E-state index contributed by atoms with van der Waals surface area (Å²) in [7, 11) is 7.84. The molecule has 1 aliphatic heterocycles. The Balaban J connectivity index is 0.000000765. The maximum atomic E-state index is 14.6. The molecular weight excluding hydrogens is 1360 g/mol. The first-order valence-electron chi connectivity index (χ1n) is 37.2. The number of methoxy groups -OCH3 is 2. The van der Waals surface area contributed by atoms with E-state index < -0.39 is 78.4 Å². The Morgan fingerprint density at radius 3 is 1.72 bits per heavy atom. The van der Waals surface area contributed by atoms with E-state index >= 15 is 0 Å². The molecule has 1 heterocycles. The Hall–Kier alpha value is -6.93. The van der Waals surface area contributed by atoms with Gasteiger partial charge in [-0.05, 0) is 74.3 Å². The topological polar surface area (TPSA) is 379 Å². The van der Waals surface area contributed by atoms with Crippen LogP contribution in [0.3, 0.4) is 0 Å². The van der Waals surface area contributed by atoms with Gasteiger partial charge in [-0.3, -0.25) is 33.6 Å². The predicted octanol–water partition coefficient (Wildman–Crippen LogP) is 5.23. The lowest BCUT2D eigenvalue weighted by Gasteiger charge is -2.41. The number of ether oxygens (including phenoxy) is 9. The molecule has 1 aliphatic rings. The molecule has 0 bridgehead atoms. The van der Waals surface area contributed by atoms with Crippen molar-refractivity contribution in [3.8, 4) is 0 Å². The van der Waals surface area contributed by atoms with Crippen molar-refractivity contribution < 1.29 is 90.9 Å². The standard InChI is InChI=1S/C49H76N4O9.C27H54N6O10/c1-14-33(7)44(51(10)48(58)38(30(2)3)27-40(54)43(31(4)5)52(11)49(59)62-29-36-24-22-32(6)23-25-36)41(60-12)28-42(55)53-26-18-21-39(53)46(61-13)34(8)47(57)50-35(9)45(56)37-19-16-15-17-20-37;1-21(2)24(26(36)32-22(25(35)30-3)5-4-8-31-27(29)37)33-23(34)6-9-38-11-13-40-15-17-42-19-20-43-18-16-41-14-12-39-10-7-28/h15-17,19-20,22-25,30-31,33-35,38-39,41,43-46,56H,14,18,21,26-29H2,1-13H3,(H,50,57);21-22,24H,4-20,28H2,1-3H3,(H,30,35)(H,32,36)(H,33,34)(H3,29,31,37)/t33-,34+,35+,38-,39-,41+,43-,44-,45+,46+;22-,24-/m00/s1. The van der Waals surface area contributed by atoms with Crippen molar-refractivity contribution in [1.82, 2.24) is 41.3 Å². The highest BCUT2D eigenvalue weighted by Gasteiger charge is 2.44. The van der Waals surface area contributed by atoms with Crippen molar-refractivity contribution in [3.05, 3.63) is 71.3 Å². The van der Waals surface area contributed by atoms with E-state index in [4.69, 9.17) is 54.1 Å². The minimum atomic E-state index is -0.895. The monoisotopic (exact) mass is 1490 g/mol. The smallest absolute Gasteiger partial charge is 0.410 e. The number of Topliss-reactive ketones (excluding diaryl/α,β-unsaturated/α-hetero) is 1. The molecule has 9 amide bonds. The summed E-state index contributed by atoms with van der Waals surface area (Å²) < 4.78 is 49.9. The summed E-state index contributed by atoms with van der Waals surface area (Å²) in [5.74, 6) is -4.18. The molecular formula is C76H130N10O19. The van der Waals surface area contributed by atoms with E-state index in [0.29, 0.717) is 111 Å². The lowest BCUT2D eigenvalue weighted by molar-refractivity contribution is -0.149. The number of urea groups is 1. The number of ketones is 1. The van der Waals surface area contributed by atoms with E-state index in [1.54, 1.807) is 65.8 Å². The van der Waals surface area contributed by atoms with Crippen LogP contribution in [0.5, 0.6) is 0 Å². The Morgan fingerprint density at radius 2 is 1.23 bits per heavy atom. The first kappa shape index (κ1) is 94.2. The molecule has 2 aromatic rings. The number of nitrogens with two attached hydrogens (primary N) is 2. The van der Waals surface area contributed by atoms with Gasteiger partial charge in [0.15, 0.2) is 5.78 Å². The third kappa shape index (κ3) is 35.1. The minimum absolute atomic E-state index is 0.00681. The van der Waals surface area contributed by atoms with Gasteiger partial charge in [-0.1, -0.05) is 129 Å². The van der Waals surface area contributed by atoms with Gasteiger partial charge < -0.3 is 100 Å². The number of aliphatic hydroxyl groups excluding tert-OH is 1. The number of aryl methyl sites for hydroxylation is 1. The highest BCUT2D eigenvalue weighted by Crippen LogP contribution is 2.32. The maximum absolute atomic E-state index is 14.6. The lowest BCUT2D eigenvalue weighted by atomic mass is 9.83. The van der Waals surface area contributed by atoms with Crippen LogP contribution in [0.25, 0.3) is 0 Å². The SMILES string of the molecule is CC[C@H](C)[C@@H]([C@@H](CC(=O)N1CCC[C@H]1[C@H](OC)[C@@H](C)C(=O)N[C@H](C)[C@@H](O)c1ccccc1)OC)N(C)C(=O)[C@@H](CC(=O)[C@H](C(C)C)N(C)C(=O)OCc1ccc(C)cc1)C(C)C.CNC(=O)[C@H](CCCNC(N)=O)NC(=O)[C@@H](NC(=O)CCOCCOCCOCCOCCOCCOCCN)C(C)C. The van der Waals surface area contributed by atoms with Gasteiger partial charge in [0.25, 0.3) is 0 Å². The van der Waals surface area contributed by atoms with E-state index in [2.05, 4.69) is 26.6 Å². The van der Waals surface area contributed by atoms with Crippen molar-refractivity contribution >= 4 is 53.4 Å². The fourth-order valence-corrected chi connectivity index (χ4v) is 12.4. The second-order valence-corrected chi connectivity index (χ2v) is 27.7. The Kier molecular flexibility index (Phi) is 47.5. The second-order valence-electron chi connectivity index (χ2n) is 27.7. The number of likely N-dealkylation sites (tertiary alicyclic amines) is 1. The molecule has 0 spiro atoms. The van der Waals surface area contributed by atoms with E-state index in [1.165, 1.54) is 11.9 Å². The number of likely N-dealkylation sites (N-methyl/N-ethyl adjacent to an activating group) is 3. The maximum Gasteiger partial charge on any atom is 0.410 e. The molecule has 0 aromatic heterocycles. The molecule has 12 atom stereocenters. The zero-order valence-corrected chi connectivity index (χ0v) is 65.6. The number of aliphatic hydroxyl groups is 1. The fraction of sp³-hybridized carbons (Fsp3) is 0.724. The molecule has 1 saturated heterocycles. The number of primary amides is 1. The average Bonchev–Trinajstić information content (AvgIpc) is 1.79. The molecule has 29 heteroatoms. The number of carbonyl (C=O) groups excluding carboxylic acids is 9. The van der Waals surface area contributed by atoms with Crippen molar-refractivity contribution in [3.63, 3.8) is 0 Å². The third-order valence-electron chi connectivity index (χ3n) is 18.6. The average molecular weight is 1490 g/mol. The van der Waals surface area contributed by atoms with E-state index in [0.717, 1.165) is 17.5 Å². The van der Waals surface area contributed by atoms with Crippen LogP contribution in [-0.4, -0.2) is 256 Å². The second kappa shape index (κ2) is 53.0. The van der Waals surface area contributed by atoms with Gasteiger partial charge in [-0.25, -0.2) is 9.59 Å². The Bertz CT molecular complexity index is 2830. The van der Waals surface area contributed by atoms with Crippen molar-refractivity contribution in [2.45, 2.75) is 189 Å². The lowest BCUT2D eigenvalue weighted by Crippen LogP contribution is -2.55. The van der Waals surface area contributed by atoms with Gasteiger partial charge in [0, 0.05) is 73.8 Å². The van der Waals surface area contributed by atoms with Crippen LogP contribution in [0.2, 0.25) is 0 Å². The van der Waals surface area contributed by atoms with Crippen LogP contribution in [-0.2, 0) is 82.8 Å². The van der Waals surface area contributed by atoms with Crippen molar-refractivity contribution in [2.75, 3.05) is 134 Å². The highest BCUT2D eigenvalue weighted by atomic mass is 16.6. The number of hydrogen-bond acceptors (Lipinski definition) is 20. The number of rotatable bonds is 52. The molecule has 1 fully saturated rings. The number of amides is 9. The van der Waals surface area contributed by atoms with Crippen LogP contribution in [0.4, 0.5) is 9.59 Å². The number of benzene rings is 2. The number of hydrogen-bond donors (Lipinski definition) is 8. The summed E-state index contributed by atoms with van der Waals surface area (Å²) in [5.41, 5.74) is 13.0. The molecule has 0 radical (unpaired) electrons. The Morgan fingerprint density at radius 1 is 0.667 bits per heavy atom.